The molecule has 2 rings (SSSR count). The molecule has 0 amide bonds. The molecule has 1 atom stereocenters. The summed E-state index contributed by atoms with van der Waals surface area (Å²) in [5.41, 5.74) is 1.22. The normalized spacial score (nSPS) is 18.0. The smallest absolute Gasteiger partial charge is 0.0803 e. The fraction of sp³-hybridized carbons (Fsp3) is 0.846. The minimum atomic E-state index is 0.492. The molecule has 1 N–H and O–H groups in total. The Labute approximate surface area is 108 Å². The van der Waals surface area contributed by atoms with Gasteiger partial charge >= 0.3 is 0 Å². The minimum Gasteiger partial charge on any atom is -0.309 e. The lowest BCUT2D eigenvalue weighted by atomic mass is 9.80. The molecule has 1 aliphatic rings. The monoisotopic (exact) mass is 253 g/mol. The molecule has 0 radical (unpaired) electrons. The van der Waals surface area contributed by atoms with Crippen molar-refractivity contribution in [3.8, 4) is 0 Å². The highest BCUT2D eigenvalue weighted by molar-refractivity contribution is 7.05. The van der Waals surface area contributed by atoms with E-state index in [-0.39, 0.29) is 0 Å². The van der Waals surface area contributed by atoms with E-state index in [1.165, 1.54) is 36.3 Å². The van der Waals surface area contributed by atoms with Gasteiger partial charge in [0.25, 0.3) is 0 Å². The minimum absolute atomic E-state index is 0.492. The van der Waals surface area contributed by atoms with Gasteiger partial charge < -0.3 is 5.32 Å². The summed E-state index contributed by atoms with van der Waals surface area (Å²) in [7, 11) is 0. The molecule has 96 valence electrons. The highest BCUT2D eigenvalue weighted by Gasteiger charge is 2.25. The fourth-order valence-corrected chi connectivity index (χ4v) is 3.26. The van der Waals surface area contributed by atoms with Gasteiger partial charge in [-0.1, -0.05) is 44.0 Å². The molecular weight excluding hydrogens is 230 g/mol. The zero-order valence-electron chi connectivity index (χ0n) is 10.9. The van der Waals surface area contributed by atoms with E-state index in [0.717, 1.165) is 25.3 Å². The molecular formula is C13H23N3S. The van der Waals surface area contributed by atoms with Gasteiger partial charge in [0, 0.05) is 6.04 Å². The Bertz CT molecular complexity index is 333. The SMILES string of the molecule is CCCc1nnsc1C(CC1CCC1)NCC. The van der Waals surface area contributed by atoms with Crippen LogP contribution in [-0.2, 0) is 6.42 Å². The summed E-state index contributed by atoms with van der Waals surface area (Å²) < 4.78 is 4.15. The van der Waals surface area contributed by atoms with Gasteiger partial charge in [-0.25, -0.2) is 0 Å². The van der Waals surface area contributed by atoms with Crippen LogP contribution in [0.5, 0.6) is 0 Å². The molecule has 1 fully saturated rings. The lowest BCUT2D eigenvalue weighted by Crippen LogP contribution is -2.26. The van der Waals surface area contributed by atoms with Crippen LogP contribution in [0.25, 0.3) is 0 Å². The molecule has 17 heavy (non-hydrogen) atoms. The first-order valence-corrected chi connectivity index (χ1v) is 7.67. The van der Waals surface area contributed by atoms with Crippen LogP contribution in [-0.4, -0.2) is 16.1 Å². The van der Waals surface area contributed by atoms with E-state index >= 15 is 0 Å². The van der Waals surface area contributed by atoms with Crippen LogP contribution in [0.1, 0.15) is 62.6 Å². The van der Waals surface area contributed by atoms with Crippen LogP contribution in [0.2, 0.25) is 0 Å². The number of hydrogen-bond acceptors (Lipinski definition) is 4. The topological polar surface area (TPSA) is 37.8 Å². The van der Waals surface area contributed by atoms with E-state index < -0.39 is 0 Å². The van der Waals surface area contributed by atoms with E-state index in [1.54, 1.807) is 11.5 Å². The Morgan fingerprint density at radius 3 is 2.82 bits per heavy atom. The fourth-order valence-electron chi connectivity index (χ4n) is 2.48. The van der Waals surface area contributed by atoms with E-state index in [0.29, 0.717) is 6.04 Å². The molecule has 1 unspecified atom stereocenters. The van der Waals surface area contributed by atoms with Gasteiger partial charge in [0.2, 0.25) is 0 Å². The maximum atomic E-state index is 4.29. The zero-order valence-corrected chi connectivity index (χ0v) is 11.7. The van der Waals surface area contributed by atoms with Crippen molar-refractivity contribution in [3.63, 3.8) is 0 Å². The lowest BCUT2D eigenvalue weighted by molar-refractivity contribution is 0.263. The van der Waals surface area contributed by atoms with Crippen LogP contribution < -0.4 is 5.32 Å². The zero-order chi connectivity index (χ0) is 12.1. The van der Waals surface area contributed by atoms with Crippen molar-refractivity contribution in [1.82, 2.24) is 14.9 Å². The van der Waals surface area contributed by atoms with E-state index in [4.69, 9.17) is 0 Å². The third-order valence-electron chi connectivity index (χ3n) is 3.63. The van der Waals surface area contributed by atoms with Gasteiger partial charge in [0.15, 0.2) is 0 Å². The summed E-state index contributed by atoms with van der Waals surface area (Å²) >= 11 is 1.59. The van der Waals surface area contributed by atoms with Gasteiger partial charge in [-0.05, 0) is 36.8 Å². The van der Waals surface area contributed by atoms with Crippen molar-refractivity contribution in [2.75, 3.05) is 6.54 Å². The second-order valence-electron chi connectivity index (χ2n) is 4.98. The van der Waals surface area contributed by atoms with Crippen molar-refractivity contribution >= 4 is 11.5 Å². The molecule has 3 nitrogen and oxygen atoms in total. The van der Waals surface area contributed by atoms with Gasteiger partial charge in [-0.15, -0.1) is 5.10 Å². The number of aryl methyl sites for hydroxylation is 1. The van der Waals surface area contributed by atoms with Crippen molar-refractivity contribution in [2.24, 2.45) is 5.92 Å². The molecule has 1 aromatic heterocycles. The highest BCUT2D eigenvalue weighted by Crippen LogP contribution is 2.36. The van der Waals surface area contributed by atoms with Crippen LogP contribution in [0, 0.1) is 5.92 Å². The maximum Gasteiger partial charge on any atom is 0.0803 e. The predicted molar refractivity (Wildman–Crippen MR) is 72.3 cm³/mol. The first-order chi connectivity index (χ1) is 8.35. The standard InChI is InChI=1S/C13H23N3S/c1-3-6-11-13(17-16-15-11)12(14-4-2)9-10-7-5-8-10/h10,12,14H,3-9H2,1-2H3. The summed E-state index contributed by atoms with van der Waals surface area (Å²) in [4.78, 5) is 1.39. The van der Waals surface area contributed by atoms with E-state index in [2.05, 4.69) is 28.8 Å². The van der Waals surface area contributed by atoms with Crippen molar-refractivity contribution < 1.29 is 0 Å². The molecule has 0 spiro atoms. The second kappa shape index (κ2) is 6.45. The maximum absolute atomic E-state index is 4.29. The summed E-state index contributed by atoms with van der Waals surface area (Å²) in [6.45, 7) is 5.42. The van der Waals surface area contributed by atoms with Crippen LogP contribution in [0.4, 0.5) is 0 Å². The number of nitrogens with zero attached hydrogens (tertiary/aromatic N) is 2. The number of hydrogen-bond donors (Lipinski definition) is 1. The van der Waals surface area contributed by atoms with E-state index in [9.17, 15) is 0 Å². The number of rotatable bonds is 7. The quantitative estimate of drug-likeness (QED) is 0.810. The first kappa shape index (κ1) is 13.0. The summed E-state index contributed by atoms with van der Waals surface area (Å²) in [5, 5.41) is 7.90. The molecule has 0 aromatic carbocycles. The summed E-state index contributed by atoms with van der Waals surface area (Å²) in [6.07, 6.45) is 7.74. The van der Waals surface area contributed by atoms with Crippen molar-refractivity contribution in [3.05, 3.63) is 10.6 Å². The number of aromatic nitrogens is 2. The van der Waals surface area contributed by atoms with E-state index in [1.807, 2.05) is 0 Å². The molecule has 0 saturated heterocycles. The Kier molecular flexibility index (Phi) is 4.92. The Hall–Kier alpha value is -0.480. The Morgan fingerprint density at radius 2 is 2.24 bits per heavy atom. The van der Waals surface area contributed by atoms with Gasteiger partial charge in [0.1, 0.15) is 0 Å². The third-order valence-corrected chi connectivity index (χ3v) is 4.51. The molecule has 1 aliphatic carbocycles. The predicted octanol–water partition coefficient (Wildman–Crippen LogP) is 3.33. The van der Waals surface area contributed by atoms with Gasteiger partial charge in [0.05, 0.1) is 10.6 Å². The molecule has 1 saturated carbocycles. The molecule has 1 heterocycles. The summed E-state index contributed by atoms with van der Waals surface area (Å²) in [6, 6.07) is 0.492. The number of nitrogens with one attached hydrogen (secondary N) is 1. The lowest BCUT2D eigenvalue weighted by Gasteiger charge is -2.29. The molecule has 4 heteroatoms. The first-order valence-electron chi connectivity index (χ1n) is 6.89. The Balaban J connectivity index is 2.04. The van der Waals surface area contributed by atoms with Crippen molar-refractivity contribution in [2.45, 2.75) is 58.4 Å². The van der Waals surface area contributed by atoms with Crippen LogP contribution in [0.15, 0.2) is 0 Å². The average Bonchev–Trinajstić information content (AvgIpc) is 2.70. The largest absolute Gasteiger partial charge is 0.309 e. The molecule has 0 bridgehead atoms. The van der Waals surface area contributed by atoms with Crippen molar-refractivity contribution in [1.29, 1.82) is 0 Å². The van der Waals surface area contributed by atoms with Gasteiger partial charge in [-0.3, -0.25) is 0 Å². The average molecular weight is 253 g/mol. The van der Waals surface area contributed by atoms with Crippen LogP contribution >= 0.6 is 11.5 Å². The molecule has 1 aromatic rings. The Morgan fingerprint density at radius 1 is 1.41 bits per heavy atom. The highest BCUT2D eigenvalue weighted by atomic mass is 32.1. The third kappa shape index (κ3) is 3.26. The van der Waals surface area contributed by atoms with Crippen LogP contribution in [0.3, 0.4) is 0 Å². The summed E-state index contributed by atoms with van der Waals surface area (Å²) in [5.74, 6) is 0.927. The molecule has 0 aliphatic heterocycles. The van der Waals surface area contributed by atoms with Gasteiger partial charge in [-0.2, -0.15) is 0 Å². The second-order valence-corrected chi connectivity index (χ2v) is 5.76.